The number of aryl methyl sites for hydroxylation is 1. The molecule has 0 spiro atoms. The number of para-hydroxylation sites is 1. The van der Waals surface area contributed by atoms with Gasteiger partial charge in [0, 0.05) is 53.4 Å². The molecule has 37 heavy (non-hydrogen) atoms. The first-order chi connectivity index (χ1) is 17.8. The number of H-pyrrole nitrogens is 2. The van der Waals surface area contributed by atoms with Gasteiger partial charge in [-0.1, -0.05) is 57.2 Å². The molecule has 192 valence electrons. The number of hydrogen-bond acceptors (Lipinski definition) is 4. The fraction of sp³-hybridized carbons (Fsp3) is 0.333. The molecule has 1 amide bonds. The van der Waals surface area contributed by atoms with Crippen LogP contribution in [-0.4, -0.2) is 37.7 Å². The number of aromatic amines is 2. The van der Waals surface area contributed by atoms with E-state index in [4.69, 9.17) is 5.21 Å². The van der Waals surface area contributed by atoms with Crippen molar-refractivity contribution in [1.29, 1.82) is 0 Å². The number of hydrogen-bond donors (Lipinski definition) is 4. The lowest BCUT2D eigenvalue weighted by Crippen LogP contribution is -2.29. The van der Waals surface area contributed by atoms with Crippen molar-refractivity contribution in [2.45, 2.75) is 58.0 Å². The zero-order chi connectivity index (χ0) is 26.0. The van der Waals surface area contributed by atoms with E-state index in [0.717, 1.165) is 49.3 Å². The van der Waals surface area contributed by atoms with Crippen LogP contribution >= 0.6 is 0 Å². The van der Waals surface area contributed by atoms with Crippen LogP contribution in [0.2, 0.25) is 0 Å². The number of rotatable bonds is 8. The van der Waals surface area contributed by atoms with Gasteiger partial charge in [-0.25, -0.2) is 5.48 Å². The van der Waals surface area contributed by atoms with Crippen LogP contribution in [0.5, 0.6) is 0 Å². The molecule has 7 heteroatoms. The summed E-state index contributed by atoms with van der Waals surface area (Å²) in [6.45, 7) is 8.28. The van der Waals surface area contributed by atoms with Crippen molar-refractivity contribution in [2.24, 2.45) is 0 Å². The highest BCUT2D eigenvalue weighted by Crippen LogP contribution is 2.37. The number of benzene rings is 2. The SMILES string of the molecule is CC(C)(C)c1cc(CN(CCc2c[nH]c3ccccc23)C2CCc3cc(C=CC(=O)NO)ccc32)[nH]n1. The summed E-state index contributed by atoms with van der Waals surface area (Å²) >= 11 is 0. The quantitative estimate of drug-likeness (QED) is 0.148. The third-order valence-electron chi connectivity index (χ3n) is 7.31. The fourth-order valence-corrected chi connectivity index (χ4v) is 5.30. The molecule has 5 rings (SSSR count). The van der Waals surface area contributed by atoms with Crippen LogP contribution in [0.1, 0.15) is 66.9 Å². The van der Waals surface area contributed by atoms with Crippen LogP contribution in [-0.2, 0) is 29.6 Å². The zero-order valence-corrected chi connectivity index (χ0v) is 21.7. The van der Waals surface area contributed by atoms with Crippen molar-refractivity contribution in [1.82, 2.24) is 25.6 Å². The largest absolute Gasteiger partial charge is 0.361 e. The van der Waals surface area contributed by atoms with E-state index >= 15 is 0 Å². The molecule has 0 radical (unpaired) electrons. The molecular weight excluding hydrogens is 462 g/mol. The Morgan fingerprint density at radius 1 is 1.22 bits per heavy atom. The highest BCUT2D eigenvalue weighted by molar-refractivity contribution is 5.90. The van der Waals surface area contributed by atoms with Gasteiger partial charge in [-0.05, 0) is 59.7 Å². The monoisotopic (exact) mass is 497 g/mol. The highest BCUT2D eigenvalue weighted by Gasteiger charge is 2.29. The Kier molecular flexibility index (Phi) is 7.00. The molecule has 2 aromatic heterocycles. The normalized spacial score (nSPS) is 15.6. The summed E-state index contributed by atoms with van der Waals surface area (Å²) in [5.41, 5.74) is 9.97. The molecule has 1 aliphatic carbocycles. The molecule has 1 unspecified atom stereocenters. The summed E-state index contributed by atoms with van der Waals surface area (Å²) in [6.07, 6.45) is 8.20. The number of nitrogens with one attached hydrogen (secondary N) is 3. The second kappa shape index (κ2) is 10.4. The van der Waals surface area contributed by atoms with Crippen LogP contribution in [0.4, 0.5) is 0 Å². The van der Waals surface area contributed by atoms with E-state index in [2.05, 4.69) is 89.5 Å². The Bertz CT molecular complexity index is 1430. The molecule has 1 atom stereocenters. The average Bonchev–Trinajstić information content (AvgIpc) is 3.63. The Balaban J connectivity index is 1.40. The zero-order valence-electron chi connectivity index (χ0n) is 21.7. The minimum absolute atomic E-state index is 0.000421. The molecule has 0 fully saturated rings. The van der Waals surface area contributed by atoms with Crippen LogP contribution < -0.4 is 5.48 Å². The molecule has 0 bridgehead atoms. The summed E-state index contributed by atoms with van der Waals surface area (Å²) in [6, 6.07) is 17.4. The van der Waals surface area contributed by atoms with Gasteiger partial charge in [0.1, 0.15) is 0 Å². The third-order valence-corrected chi connectivity index (χ3v) is 7.31. The average molecular weight is 498 g/mol. The summed E-state index contributed by atoms with van der Waals surface area (Å²) in [7, 11) is 0. The summed E-state index contributed by atoms with van der Waals surface area (Å²) in [5, 5.41) is 17.9. The molecule has 1 aliphatic rings. The maximum absolute atomic E-state index is 11.4. The van der Waals surface area contributed by atoms with Gasteiger partial charge in [-0.2, -0.15) is 5.10 Å². The molecule has 2 heterocycles. The topological polar surface area (TPSA) is 97.0 Å². The van der Waals surface area contributed by atoms with Crippen LogP contribution in [0.15, 0.2) is 60.8 Å². The molecule has 2 aromatic carbocycles. The Hall–Kier alpha value is -3.68. The van der Waals surface area contributed by atoms with E-state index in [0.29, 0.717) is 6.04 Å². The van der Waals surface area contributed by atoms with E-state index < -0.39 is 5.91 Å². The van der Waals surface area contributed by atoms with E-state index in [1.54, 1.807) is 11.6 Å². The van der Waals surface area contributed by atoms with Gasteiger partial charge in [0.2, 0.25) is 0 Å². The van der Waals surface area contributed by atoms with E-state index in [1.807, 2.05) is 6.07 Å². The van der Waals surface area contributed by atoms with Gasteiger partial charge in [-0.3, -0.25) is 20.0 Å². The van der Waals surface area contributed by atoms with Crippen molar-refractivity contribution < 1.29 is 10.0 Å². The summed E-state index contributed by atoms with van der Waals surface area (Å²) < 4.78 is 0. The minimum Gasteiger partial charge on any atom is -0.361 e. The maximum Gasteiger partial charge on any atom is 0.267 e. The predicted octanol–water partition coefficient (Wildman–Crippen LogP) is 5.44. The maximum atomic E-state index is 11.4. The first kappa shape index (κ1) is 25.0. The molecule has 0 saturated carbocycles. The molecule has 0 aliphatic heterocycles. The lowest BCUT2D eigenvalue weighted by molar-refractivity contribution is -0.124. The summed E-state index contributed by atoms with van der Waals surface area (Å²) in [4.78, 5) is 17.4. The second-order valence-electron chi connectivity index (χ2n) is 10.9. The smallest absolute Gasteiger partial charge is 0.267 e. The Morgan fingerprint density at radius 3 is 2.84 bits per heavy atom. The molecular formula is C30H35N5O2. The van der Waals surface area contributed by atoms with Crippen molar-refractivity contribution in [2.75, 3.05) is 6.54 Å². The number of amides is 1. The van der Waals surface area contributed by atoms with Crippen LogP contribution in [0, 0.1) is 0 Å². The fourth-order valence-electron chi connectivity index (χ4n) is 5.30. The lowest BCUT2D eigenvalue weighted by atomic mass is 9.92. The van der Waals surface area contributed by atoms with E-state index in [1.165, 1.54) is 33.7 Å². The van der Waals surface area contributed by atoms with Gasteiger partial charge < -0.3 is 4.98 Å². The first-order valence-corrected chi connectivity index (χ1v) is 12.9. The first-order valence-electron chi connectivity index (χ1n) is 12.9. The minimum atomic E-state index is -0.531. The predicted molar refractivity (Wildman–Crippen MR) is 146 cm³/mol. The van der Waals surface area contributed by atoms with Crippen molar-refractivity contribution in [3.05, 3.63) is 94.4 Å². The number of nitrogens with zero attached hydrogens (tertiary/aromatic N) is 2. The third kappa shape index (κ3) is 5.53. The van der Waals surface area contributed by atoms with E-state index in [-0.39, 0.29) is 5.41 Å². The van der Waals surface area contributed by atoms with Gasteiger partial charge in [0.25, 0.3) is 5.91 Å². The molecule has 7 nitrogen and oxygen atoms in total. The molecule has 4 aromatic rings. The lowest BCUT2D eigenvalue weighted by Gasteiger charge is -2.29. The standard InChI is InChI=1S/C30H35N5O2/c1-30(2,3)28-17-23(32-33-28)19-35(15-14-22-18-31-26-7-5-4-6-24(22)26)27-12-10-21-16-20(8-11-25(21)27)9-13-29(36)34-37/h4-9,11,13,16-18,27,31,37H,10,12,14-15,19H2,1-3H3,(H,32,33)(H,34,36). The van der Waals surface area contributed by atoms with Crippen molar-refractivity contribution in [3.8, 4) is 0 Å². The summed E-state index contributed by atoms with van der Waals surface area (Å²) in [5.74, 6) is -0.531. The molecule has 0 saturated heterocycles. The van der Waals surface area contributed by atoms with Crippen molar-refractivity contribution >= 4 is 22.9 Å². The molecule has 4 N–H and O–H groups in total. The number of carbonyl (C=O) groups excluding carboxylic acids is 1. The Labute approximate surface area is 217 Å². The number of hydroxylamine groups is 1. The Morgan fingerprint density at radius 2 is 2.05 bits per heavy atom. The van der Waals surface area contributed by atoms with Gasteiger partial charge in [0.05, 0.1) is 5.69 Å². The van der Waals surface area contributed by atoms with Gasteiger partial charge >= 0.3 is 0 Å². The van der Waals surface area contributed by atoms with Gasteiger partial charge in [-0.15, -0.1) is 0 Å². The van der Waals surface area contributed by atoms with E-state index in [9.17, 15) is 4.79 Å². The number of fused-ring (bicyclic) bond motifs is 2. The number of aromatic nitrogens is 3. The number of carbonyl (C=O) groups is 1. The second-order valence-corrected chi connectivity index (χ2v) is 10.9. The van der Waals surface area contributed by atoms with Crippen LogP contribution in [0.25, 0.3) is 17.0 Å². The van der Waals surface area contributed by atoms with Gasteiger partial charge in [0.15, 0.2) is 0 Å². The van der Waals surface area contributed by atoms with Crippen molar-refractivity contribution in [3.63, 3.8) is 0 Å². The highest BCUT2D eigenvalue weighted by atomic mass is 16.5. The van der Waals surface area contributed by atoms with Crippen LogP contribution in [0.3, 0.4) is 0 Å².